The van der Waals surface area contributed by atoms with Crippen LogP contribution in [0.5, 0.6) is 0 Å². The van der Waals surface area contributed by atoms with Gasteiger partial charge in [-0.05, 0) is 82.9 Å². The monoisotopic (exact) mass is 697 g/mol. The zero-order chi connectivity index (χ0) is 36.0. The number of thiophene rings is 1. The molecule has 1 aliphatic heterocycles. The molecular formula is C37H40FN7O4S. The van der Waals surface area contributed by atoms with E-state index >= 15 is 4.39 Å². The Morgan fingerprint density at radius 3 is 2.38 bits per heavy atom. The van der Waals surface area contributed by atoms with Gasteiger partial charge < -0.3 is 15.4 Å². The molecule has 3 amide bonds. The molecule has 0 aliphatic carbocycles. The van der Waals surface area contributed by atoms with Gasteiger partial charge in [0.2, 0.25) is 5.91 Å². The highest BCUT2D eigenvalue weighted by Gasteiger charge is 2.36. The number of hydrogen-bond acceptors (Lipinski definition) is 8. The number of benzene rings is 2. The van der Waals surface area contributed by atoms with Crippen molar-refractivity contribution in [2.75, 3.05) is 18.0 Å². The summed E-state index contributed by atoms with van der Waals surface area (Å²) in [7, 11) is 1.72. The molecule has 1 aliphatic rings. The van der Waals surface area contributed by atoms with Crippen molar-refractivity contribution in [3.05, 3.63) is 83.9 Å². The lowest BCUT2D eigenvalue weighted by molar-refractivity contribution is -0.122. The first-order valence-electron chi connectivity index (χ1n) is 16.4. The molecular weight excluding hydrogens is 658 g/mol. The Morgan fingerprint density at radius 1 is 1.02 bits per heavy atom. The summed E-state index contributed by atoms with van der Waals surface area (Å²) in [5.41, 5.74) is 6.66. The van der Waals surface area contributed by atoms with Crippen LogP contribution in [-0.4, -0.2) is 67.5 Å². The summed E-state index contributed by atoms with van der Waals surface area (Å²) in [6.45, 7) is 9.65. The number of nitrogens with zero attached hydrogens (tertiary/aromatic N) is 6. The standard InChI is InChI=1S/C37H40FN7O4S/c1-36(2,3)49-35(48)44-17-7-8-25(20-44)45(33(46)26-14-11-23(18-28(26)38)29-21-43(6)42-41-29)32-27-19-31(50-30(27)15-16-40-32)22-9-12-24(13-10-22)37(4,5)34(39)47/h9-16,18-19,21,25H,7-8,17,20H2,1-6H3,(H2,39,47)/t25-/m1/s1. The average molecular weight is 698 g/mol. The number of nitrogens with two attached hydrogens (primary N) is 1. The summed E-state index contributed by atoms with van der Waals surface area (Å²) in [5.74, 6) is -1.33. The van der Waals surface area contributed by atoms with E-state index in [0.29, 0.717) is 41.8 Å². The Bertz CT molecular complexity index is 2080. The topological polar surface area (TPSA) is 137 Å². The summed E-state index contributed by atoms with van der Waals surface area (Å²) in [5, 5.41) is 8.71. The highest BCUT2D eigenvalue weighted by atomic mass is 32.1. The predicted molar refractivity (Wildman–Crippen MR) is 191 cm³/mol. The van der Waals surface area contributed by atoms with Gasteiger partial charge in [0, 0.05) is 46.9 Å². The van der Waals surface area contributed by atoms with E-state index in [0.717, 1.165) is 20.7 Å². The second-order valence-corrected chi connectivity index (χ2v) is 15.2. The van der Waals surface area contributed by atoms with Crippen molar-refractivity contribution < 1.29 is 23.5 Å². The van der Waals surface area contributed by atoms with E-state index in [-0.39, 0.29) is 12.1 Å². The Kier molecular flexibility index (Phi) is 9.21. The largest absolute Gasteiger partial charge is 0.444 e. The van der Waals surface area contributed by atoms with Crippen LogP contribution in [0.2, 0.25) is 0 Å². The number of pyridine rings is 1. The highest BCUT2D eigenvalue weighted by Crippen LogP contribution is 2.40. The zero-order valence-corrected chi connectivity index (χ0v) is 29.8. The van der Waals surface area contributed by atoms with Crippen molar-refractivity contribution in [3.63, 3.8) is 0 Å². The lowest BCUT2D eigenvalue weighted by Gasteiger charge is -2.39. The molecule has 0 unspecified atom stereocenters. The Labute approximate surface area is 293 Å². The SMILES string of the molecule is Cn1cc(-c2ccc(C(=O)N(c3nccc4sc(-c5ccc(C(C)(C)C(N)=O)cc5)cc34)[C@@H]3CCCN(C(=O)OC(C)(C)C)C3)c(F)c2)nn1. The molecule has 0 radical (unpaired) electrons. The van der Waals surface area contributed by atoms with Gasteiger partial charge in [-0.15, -0.1) is 16.4 Å². The van der Waals surface area contributed by atoms with E-state index in [1.54, 1.807) is 65.0 Å². The third kappa shape index (κ3) is 6.95. The molecule has 260 valence electrons. The van der Waals surface area contributed by atoms with Crippen molar-refractivity contribution in [2.45, 2.75) is 64.5 Å². The normalized spacial score (nSPS) is 15.3. The number of primary amides is 1. The van der Waals surface area contributed by atoms with Crippen LogP contribution in [0.3, 0.4) is 0 Å². The summed E-state index contributed by atoms with van der Waals surface area (Å²) in [4.78, 5) is 48.5. The van der Waals surface area contributed by atoms with E-state index in [2.05, 4.69) is 10.3 Å². The van der Waals surface area contributed by atoms with E-state index in [9.17, 15) is 14.4 Å². The molecule has 11 nitrogen and oxygen atoms in total. The van der Waals surface area contributed by atoms with Crippen LogP contribution in [0, 0.1) is 5.82 Å². The number of piperidine rings is 1. The minimum atomic E-state index is -0.828. The summed E-state index contributed by atoms with van der Waals surface area (Å²) in [6, 6.07) is 15.4. The zero-order valence-electron chi connectivity index (χ0n) is 28.9. The first kappa shape index (κ1) is 34.7. The number of likely N-dealkylation sites (tertiary alicyclic amines) is 1. The fourth-order valence-corrected chi connectivity index (χ4v) is 7.08. The van der Waals surface area contributed by atoms with E-state index < -0.39 is 40.8 Å². The number of carbonyl (C=O) groups excluding carboxylic acids is 3. The summed E-state index contributed by atoms with van der Waals surface area (Å²) in [6.07, 6.45) is 4.01. The number of ether oxygens (including phenoxy) is 1. The van der Waals surface area contributed by atoms with Crippen molar-refractivity contribution in [1.29, 1.82) is 0 Å². The van der Waals surface area contributed by atoms with Gasteiger partial charge in [-0.3, -0.25) is 19.2 Å². The Hall–Kier alpha value is -5.17. The molecule has 5 aromatic rings. The summed E-state index contributed by atoms with van der Waals surface area (Å²) < 4.78 is 24.0. The minimum Gasteiger partial charge on any atom is -0.444 e. The number of halogens is 1. The number of rotatable bonds is 7. The number of carbonyl (C=O) groups is 3. The number of fused-ring (bicyclic) bond motifs is 1. The molecule has 2 N–H and O–H groups in total. The fraction of sp³-hybridized carbons (Fsp3) is 0.351. The van der Waals surface area contributed by atoms with Crippen molar-refractivity contribution in [1.82, 2.24) is 24.9 Å². The van der Waals surface area contributed by atoms with Gasteiger partial charge >= 0.3 is 6.09 Å². The molecule has 6 rings (SSSR count). The Balaban J connectivity index is 1.41. The van der Waals surface area contributed by atoms with E-state index in [1.807, 2.05) is 36.4 Å². The Morgan fingerprint density at radius 2 is 1.74 bits per heavy atom. The molecule has 50 heavy (non-hydrogen) atoms. The minimum absolute atomic E-state index is 0.131. The molecule has 2 aromatic carbocycles. The van der Waals surface area contributed by atoms with Crippen LogP contribution in [0.1, 0.15) is 63.4 Å². The van der Waals surface area contributed by atoms with E-state index in [4.69, 9.17) is 15.5 Å². The van der Waals surface area contributed by atoms with Crippen molar-refractivity contribution in [2.24, 2.45) is 12.8 Å². The molecule has 4 heterocycles. The average Bonchev–Trinajstić information content (AvgIpc) is 3.71. The predicted octanol–water partition coefficient (Wildman–Crippen LogP) is 6.71. The van der Waals surface area contributed by atoms with Gasteiger partial charge in [0.25, 0.3) is 5.91 Å². The van der Waals surface area contributed by atoms with Crippen LogP contribution in [0.25, 0.3) is 31.8 Å². The maximum Gasteiger partial charge on any atom is 0.410 e. The molecule has 0 bridgehead atoms. The van der Waals surface area contributed by atoms with Crippen LogP contribution in [-0.2, 0) is 22.0 Å². The lowest BCUT2D eigenvalue weighted by atomic mass is 9.83. The third-order valence-electron chi connectivity index (χ3n) is 8.89. The summed E-state index contributed by atoms with van der Waals surface area (Å²) >= 11 is 1.53. The molecule has 0 saturated carbocycles. The quantitative estimate of drug-likeness (QED) is 0.200. The maximum absolute atomic E-state index is 15.9. The smallest absolute Gasteiger partial charge is 0.410 e. The van der Waals surface area contributed by atoms with Crippen molar-refractivity contribution >= 4 is 45.1 Å². The second-order valence-electron chi connectivity index (χ2n) is 14.1. The molecule has 1 saturated heterocycles. The molecule has 0 spiro atoms. The van der Waals surface area contributed by atoms with Crippen molar-refractivity contribution in [3.8, 4) is 21.7 Å². The number of anilines is 1. The lowest BCUT2D eigenvalue weighted by Crippen LogP contribution is -2.53. The first-order chi connectivity index (χ1) is 23.6. The highest BCUT2D eigenvalue weighted by molar-refractivity contribution is 7.22. The molecule has 1 atom stereocenters. The van der Waals surface area contributed by atoms with Crippen LogP contribution in [0.4, 0.5) is 15.0 Å². The number of aryl methyl sites for hydroxylation is 1. The van der Waals surface area contributed by atoms with Crippen LogP contribution < -0.4 is 10.6 Å². The third-order valence-corrected chi connectivity index (χ3v) is 10.0. The molecule has 13 heteroatoms. The molecule has 1 fully saturated rings. The van der Waals surface area contributed by atoms with Crippen LogP contribution in [0.15, 0.2) is 67.0 Å². The van der Waals surface area contributed by atoms with Gasteiger partial charge in [-0.25, -0.2) is 14.2 Å². The second kappa shape index (κ2) is 13.3. The number of aromatic nitrogens is 4. The maximum atomic E-state index is 15.9. The van der Waals surface area contributed by atoms with Gasteiger partial charge in [0.1, 0.15) is 22.9 Å². The number of amides is 3. The number of hydrogen-bond donors (Lipinski definition) is 1. The fourth-order valence-electron chi connectivity index (χ4n) is 6.03. The van der Waals surface area contributed by atoms with Gasteiger partial charge in [-0.1, -0.05) is 35.5 Å². The van der Waals surface area contributed by atoms with Gasteiger partial charge in [0.15, 0.2) is 0 Å². The first-order valence-corrected chi connectivity index (χ1v) is 17.2. The van der Waals surface area contributed by atoms with Crippen LogP contribution >= 0.6 is 11.3 Å². The van der Waals surface area contributed by atoms with E-state index in [1.165, 1.54) is 33.1 Å². The van der Waals surface area contributed by atoms with Gasteiger partial charge in [0.05, 0.1) is 23.2 Å². The molecule has 3 aromatic heterocycles. The van der Waals surface area contributed by atoms with Gasteiger partial charge in [-0.2, -0.15) is 0 Å².